The Hall–Kier alpha value is -0.630. The number of rotatable bonds is 3. The first-order chi connectivity index (χ1) is 10.1. The molecule has 0 bridgehead atoms. The first-order valence-electron chi connectivity index (χ1n) is 7.44. The lowest BCUT2D eigenvalue weighted by atomic mass is 9.96. The van der Waals surface area contributed by atoms with Gasteiger partial charge in [0.05, 0.1) is 13.2 Å². The van der Waals surface area contributed by atoms with Crippen molar-refractivity contribution in [3.05, 3.63) is 29.8 Å². The van der Waals surface area contributed by atoms with Crippen molar-refractivity contribution in [2.45, 2.75) is 24.8 Å². The monoisotopic (exact) mass is 433 g/mol. The standard InChI is InChI=1S/C16H23N3OS.HI/c1-16(12-5-3-4-6-13(12)20-2)11-14(16)18-15(17)19-7-9-21-10-8-19;/h3-6,14H,7-11H2,1-2H3,(H2,17,18);1H. The average molecular weight is 433 g/mol. The summed E-state index contributed by atoms with van der Waals surface area (Å²) in [5.74, 6) is 3.94. The molecule has 4 nitrogen and oxygen atoms in total. The Morgan fingerprint density at radius 3 is 2.73 bits per heavy atom. The Morgan fingerprint density at radius 1 is 1.36 bits per heavy atom. The van der Waals surface area contributed by atoms with Crippen LogP contribution >= 0.6 is 35.7 Å². The maximum Gasteiger partial charge on any atom is 0.191 e. The fourth-order valence-electron chi connectivity index (χ4n) is 2.97. The maximum absolute atomic E-state index is 6.19. The number of halogens is 1. The highest BCUT2D eigenvalue weighted by Gasteiger charge is 2.53. The van der Waals surface area contributed by atoms with E-state index in [9.17, 15) is 0 Å². The summed E-state index contributed by atoms with van der Waals surface area (Å²) in [4.78, 5) is 6.98. The first-order valence-corrected chi connectivity index (χ1v) is 8.60. The molecular formula is C16H24IN3OS. The zero-order chi connectivity index (χ0) is 14.9. The number of benzene rings is 1. The Bertz CT molecular complexity index is 548. The van der Waals surface area contributed by atoms with E-state index in [-0.39, 0.29) is 35.4 Å². The lowest BCUT2D eigenvalue weighted by Crippen LogP contribution is -2.43. The van der Waals surface area contributed by atoms with Crippen molar-refractivity contribution in [3.8, 4) is 5.75 Å². The van der Waals surface area contributed by atoms with Gasteiger partial charge in [-0.25, -0.2) is 4.99 Å². The Balaban J connectivity index is 0.00000176. The minimum Gasteiger partial charge on any atom is -0.496 e. The van der Waals surface area contributed by atoms with E-state index in [1.165, 1.54) is 5.56 Å². The number of para-hydroxylation sites is 1. The number of aliphatic imine (C=N–C) groups is 1. The fraction of sp³-hybridized carbons (Fsp3) is 0.562. The summed E-state index contributed by atoms with van der Waals surface area (Å²) in [6, 6.07) is 8.50. The number of hydrogen-bond acceptors (Lipinski definition) is 3. The number of methoxy groups -OCH3 is 1. The lowest BCUT2D eigenvalue weighted by molar-refractivity contribution is 0.404. The van der Waals surface area contributed by atoms with Gasteiger partial charge in [-0.2, -0.15) is 11.8 Å². The van der Waals surface area contributed by atoms with Gasteiger partial charge in [0.15, 0.2) is 5.96 Å². The van der Waals surface area contributed by atoms with Gasteiger partial charge in [-0.3, -0.25) is 0 Å². The van der Waals surface area contributed by atoms with Crippen LogP contribution in [0.3, 0.4) is 0 Å². The lowest BCUT2D eigenvalue weighted by Gasteiger charge is -2.27. The van der Waals surface area contributed by atoms with Crippen LogP contribution in [-0.4, -0.2) is 48.6 Å². The summed E-state index contributed by atoms with van der Waals surface area (Å²) in [7, 11) is 1.72. The highest BCUT2D eigenvalue weighted by Crippen LogP contribution is 2.53. The number of hydrogen-bond donors (Lipinski definition) is 1. The van der Waals surface area contributed by atoms with Gasteiger partial charge in [-0.1, -0.05) is 25.1 Å². The molecule has 6 heteroatoms. The second-order valence-electron chi connectivity index (χ2n) is 5.92. The minimum atomic E-state index is 0. The third-order valence-corrected chi connectivity index (χ3v) is 5.48. The van der Waals surface area contributed by atoms with E-state index in [1.807, 2.05) is 23.9 Å². The topological polar surface area (TPSA) is 50.9 Å². The van der Waals surface area contributed by atoms with Crippen LogP contribution in [0.2, 0.25) is 0 Å². The molecule has 1 aliphatic carbocycles. The van der Waals surface area contributed by atoms with Crippen LogP contribution in [0.5, 0.6) is 5.75 Å². The molecule has 122 valence electrons. The van der Waals surface area contributed by atoms with Crippen LogP contribution < -0.4 is 10.5 Å². The Morgan fingerprint density at radius 2 is 2.05 bits per heavy atom. The first kappa shape index (κ1) is 17.7. The van der Waals surface area contributed by atoms with Crippen LogP contribution in [0, 0.1) is 0 Å². The van der Waals surface area contributed by atoms with Crippen LogP contribution in [0.1, 0.15) is 18.9 Å². The Labute approximate surface area is 153 Å². The van der Waals surface area contributed by atoms with Crippen molar-refractivity contribution in [1.29, 1.82) is 0 Å². The van der Waals surface area contributed by atoms with E-state index < -0.39 is 0 Å². The number of nitrogens with two attached hydrogens (primary N) is 1. The SMILES string of the molecule is COc1ccccc1C1(C)CC1N=C(N)N1CCSCC1.I. The summed E-state index contributed by atoms with van der Waals surface area (Å²) in [5, 5.41) is 0. The molecule has 0 amide bonds. The second-order valence-corrected chi connectivity index (χ2v) is 7.15. The van der Waals surface area contributed by atoms with Crippen molar-refractivity contribution in [2.24, 2.45) is 10.7 Å². The molecular weight excluding hydrogens is 409 g/mol. The molecule has 1 saturated heterocycles. The summed E-state index contributed by atoms with van der Waals surface area (Å²) < 4.78 is 5.49. The molecule has 1 aromatic rings. The number of thioether (sulfide) groups is 1. The van der Waals surface area contributed by atoms with Crippen molar-refractivity contribution in [3.63, 3.8) is 0 Å². The molecule has 2 N–H and O–H groups in total. The van der Waals surface area contributed by atoms with Gasteiger partial charge in [0.25, 0.3) is 0 Å². The highest BCUT2D eigenvalue weighted by molar-refractivity contribution is 14.0. The molecule has 1 heterocycles. The van der Waals surface area contributed by atoms with E-state index in [2.05, 4.69) is 24.0 Å². The van der Waals surface area contributed by atoms with Gasteiger partial charge >= 0.3 is 0 Å². The van der Waals surface area contributed by atoms with Gasteiger partial charge in [0, 0.05) is 35.6 Å². The Kier molecular flexibility index (Phi) is 5.87. The largest absolute Gasteiger partial charge is 0.496 e. The molecule has 2 unspecified atom stereocenters. The number of ether oxygens (including phenoxy) is 1. The molecule has 22 heavy (non-hydrogen) atoms. The minimum absolute atomic E-state index is 0. The van der Waals surface area contributed by atoms with Crippen molar-refractivity contribution in [2.75, 3.05) is 31.7 Å². The predicted molar refractivity (Wildman–Crippen MR) is 105 cm³/mol. The molecule has 2 fully saturated rings. The second kappa shape index (κ2) is 7.29. The smallest absolute Gasteiger partial charge is 0.191 e. The van der Waals surface area contributed by atoms with Crippen LogP contribution in [0.4, 0.5) is 0 Å². The van der Waals surface area contributed by atoms with Crippen LogP contribution in [0.25, 0.3) is 0 Å². The number of nitrogens with zero attached hydrogens (tertiary/aromatic N) is 2. The highest BCUT2D eigenvalue weighted by atomic mass is 127. The van der Waals surface area contributed by atoms with Crippen molar-refractivity contribution >= 4 is 41.7 Å². The van der Waals surface area contributed by atoms with E-state index in [0.717, 1.165) is 36.8 Å². The zero-order valence-corrected chi connectivity index (χ0v) is 16.3. The third kappa shape index (κ3) is 3.48. The van der Waals surface area contributed by atoms with Crippen LogP contribution in [0.15, 0.2) is 29.3 Å². The molecule has 0 spiro atoms. The summed E-state index contributed by atoms with van der Waals surface area (Å²) in [5.41, 5.74) is 7.49. The van der Waals surface area contributed by atoms with Crippen molar-refractivity contribution < 1.29 is 4.74 Å². The number of guanidine groups is 1. The molecule has 0 aromatic heterocycles. The third-order valence-electron chi connectivity index (χ3n) is 4.54. The van der Waals surface area contributed by atoms with Gasteiger partial charge in [0.2, 0.25) is 0 Å². The molecule has 2 aliphatic rings. The predicted octanol–water partition coefficient (Wildman–Crippen LogP) is 2.71. The zero-order valence-electron chi connectivity index (χ0n) is 13.1. The summed E-state index contributed by atoms with van der Waals surface area (Å²) >= 11 is 1.98. The molecule has 2 atom stereocenters. The fourth-order valence-corrected chi connectivity index (χ4v) is 3.87. The van der Waals surface area contributed by atoms with E-state index in [0.29, 0.717) is 5.96 Å². The molecule has 1 saturated carbocycles. The molecule has 3 rings (SSSR count). The van der Waals surface area contributed by atoms with Gasteiger partial charge in [-0.15, -0.1) is 24.0 Å². The quantitative estimate of drug-likeness (QED) is 0.453. The molecule has 1 aliphatic heterocycles. The van der Waals surface area contributed by atoms with Crippen molar-refractivity contribution in [1.82, 2.24) is 4.90 Å². The molecule has 1 aromatic carbocycles. The molecule has 0 radical (unpaired) electrons. The average Bonchev–Trinajstić information content (AvgIpc) is 3.19. The van der Waals surface area contributed by atoms with E-state index in [1.54, 1.807) is 7.11 Å². The summed E-state index contributed by atoms with van der Waals surface area (Å²) in [6.07, 6.45) is 1.04. The summed E-state index contributed by atoms with van der Waals surface area (Å²) in [6.45, 7) is 4.27. The van der Waals surface area contributed by atoms with Gasteiger partial charge in [0.1, 0.15) is 5.75 Å². The normalized spacial score (nSPS) is 28.0. The van der Waals surface area contributed by atoms with Gasteiger partial charge in [-0.05, 0) is 12.5 Å². The van der Waals surface area contributed by atoms with Crippen LogP contribution in [-0.2, 0) is 5.41 Å². The van der Waals surface area contributed by atoms with E-state index >= 15 is 0 Å². The van der Waals surface area contributed by atoms with Gasteiger partial charge < -0.3 is 15.4 Å². The van der Waals surface area contributed by atoms with E-state index in [4.69, 9.17) is 15.5 Å². The maximum atomic E-state index is 6.19.